The molecule has 0 bridgehead atoms. The normalized spacial score (nSPS) is 33.4. The molecule has 2 nitrogen and oxygen atoms in total. The Hall–Kier alpha value is 0.270. The number of piperidine rings is 1. The average Bonchev–Trinajstić information content (AvgIpc) is 2.88. The van der Waals surface area contributed by atoms with Gasteiger partial charge >= 0.3 is 0 Å². The minimum absolute atomic E-state index is 0.752. The van der Waals surface area contributed by atoms with Crippen LogP contribution in [0.3, 0.4) is 0 Å². The Morgan fingerprint density at radius 3 is 2.24 bits per heavy atom. The standard InChI is InChI=1S/C18H32N2S/c1-3-19-7-4-17(5-8-19)10-15(11-17)20-9-6-18(14-20)12-16(13-18)21-2/h15-16H,3-14H2,1-2H3. The largest absolute Gasteiger partial charge is 0.304 e. The fourth-order valence-electron chi connectivity index (χ4n) is 5.64. The summed E-state index contributed by atoms with van der Waals surface area (Å²) in [7, 11) is 0. The summed E-state index contributed by atoms with van der Waals surface area (Å²) in [6.07, 6.45) is 12.8. The Kier molecular flexibility index (Phi) is 3.83. The Morgan fingerprint density at radius 1 is 0.952 bits per heavy atom. The summed E-state index contributed by atoms with van der Waals surface area (Å²) in [5.41, 5.74) is 1.51. The van der Waals surface area contributed by atoms with Crippen LogP contribution < -0.4 is 0 Å². The van der Waals surface area contributed by atoms with Crippen molar-refractivity contribution in [2.45, 2.75) is 63.2 Å². The third-order valence-corrected chi connectivity index (χ3v) is 8.34. The molecule has 2 spiro atoms. The van der Waals surface area contributed by atoms with E-state index in [4.69, 9.17) is 0 Å². The quantitative estimate of drug-likeness (QED) is 0.788. The van der Waals surface area contributed by atoms with E-state index in [1.165, 1.54) is 77.7 Å². The van der Waals surface area contributed by atoms with E-state index in [0.717, 1.165) is 22.1 Å². The van der Waals surface area contributed by atoms with Gasteiger partial charge in [0.25, 0.3) is 0 Å². The fraction of sp³-hybridized carbons (Fsp3) is 1.00. The summed E-state index contributed by atoms with van der Waals surface area (Å²) >= 11 is 2.10. The highest BCUT2D eigenvalue weighted by Gasteiger charge is 2.53. The lowest BCUT2D eigenvalue weighted by atomic mass is 9.60. The minimum atomic E-state index is 0.752. The van der Waals surface area contributed by atoms with Crippen LogP contribution >= 0.6 is 11.8 Å². The fourth-order valence-corrected chi connectivity index (χ4v) is 6.68. The zero-order chi connectivity index (χ0) is 14.5. The maximum absolute atomic E-state index is 2.88. The Morgan fingerprint density at radius 2 is 1.62 bits per heavy atom. The van der Waals surface area contributed by atoms with E-state index in [2.05, 4.69) is 34.7 Å². The molecular weight excluding hydrogens is 276 g/mol. The smallest absolute Gasteiger partial charge is 0.0106 e. The van der Waals surface area contributed by atoms with E-state index in [1.807, 2.05) is 0 Å². The average molecular weight is 309 g/mol. The molecule has 2 saturated heterocycles. The van der Waals surface area contributed by atoms with Crippen molar-refractivity contribution in [3.63, 3.8) is 0 Å². The van der Waals surface area contributed by atoms with Gasteiger partial charge in [0.1, 0.15) is 0 Å². The molecule has 120 valence electrons. The summed E-state index contributed by atoms with van der Waals surface area (Å²) < 4.78 is 0. The third kappa shape index (κ3) is 2.57. The highest BCUT2D eigenvalue weighted by atomic mass is 32.2. The lowest BCUT2D eigenvalue weighted by Gasteiger charge is -2.55. The second-order valence-electron chi connectivity index (χ2n) is 8.48. The van der Waals surface area contributed by atoms with E-state index in [0.29, 0.717) is 0 Å². The number of rotatable bonds is 3. The molecule has 0 aromatic rings. The van der Waals surface area contributed by atoms with Crippen molar-refractivity contribution in [1.29, 1.82) is 0 Å². The number of nitrogens with zero attached hydrogens (tertiary/aromatic N) is 2. The van der Waals surface area contributed by atoms with Crippen LogP contribution in [0.2, 0.25) is 0 Å². The van der Waals surface area contributed by atoms with Gasteiger partial charge in [-0.05, 0) is 88.2 Å². The summed E-state index contributed by atoms with van der Waals surface area (Å²) in [5, 5.41) is 0.982. The number of hydrogen-bond donors (Lipinski definition) is 0. The van der Waals surface area contributed by atoms with Crippen LogP contribution in [0.1, 0.15) is 51.9 Å². The van der Waals surface area contributed by atoms with E-state index in [9.17, 15) is 0 Å². The molecule has 21 heavy (non-hydrogen) atoms. The summed E-state index contributed by atoms with van der Waals surface area (Å²) in [5.74, 6) is 0. The van der Waals surface area contributed by atoms with E-state index >= 15 is 0 Å². The van der Waals surface area contributed by atoms with Crippen molar-refractivity contribution in [3.8, 4) is 0 Å². The van der Waals surface area contributed by atoms with Crippen LogP contribution in [0.25, 0.3) is 0 Å². The van der Waals surface area contributed by atoms with Gasteiger partial charge in [-0.25, -0.2) is 0 Å². The molecule has 4 rings (SSSR count). The maximum atomic E-state index is 2.88. The summed E-state index contributed by atoms with van der Waals surface area (Å²) in [6.45, 7) is 9.14. The lowest BCUT2D eigenvalue weighted by molar-refractivity contribution is -0.0401. The molecule has 0 aromatic carbocycles. The monoisotopic (exact) mass is 308 g/mol. The minimum Gasteiger partial charge on any atom is -0.304 e. The predicted molar refractivity (Wildman–Crippen MR) is 92.0 cm³/mol. The molecule has 0 amide bonds. The number of likely N-dealkylation sites (tertiary alicyclic amines) is 2. The molecular formula is C18H32N2S. The zero-order valence-corrected chi connectivity index (χ0v) is 14.8. The van der Waals surface area contributed by atoms with E-state index in [1.54, 1.807) is 0 Å². The molecule has 2 heterocycles. The van der Waals surface area contributed by atoms with E-state index < -0.39 is 0 Å². The molecule has 2 saturated carbocycles. The van der Waals surface area contributed by atoms with Gasteiger partial charge in [0, 0.05) is 17.8 Å². The van der Waals surface area contributed by atoms with Crippen molar-refractivity contribution in [2.75, 3.05) is 39.0 Å². The molecule has 4 fully saturated rings. The molecule has 0 atom stereocenters. The topological polar surface area (TPSA) is 6.48 Å². The highest BCUT2D eigenvalue weighted by Crippen LogP contribution is 2.56. The van der Waals surface area contributed by atoms with Crippen LogP contribution in [0.5, 0.6) is 0 Å². The van der Waals surface area contributed by atoms with Gasteiger partial charge in [0.15, 0.2) is 0 Å². The van der Waals surface area contributed by atoms with Gasteiger partial charge in [0.2, 0.25) is 0 Å². The molecule has 0 N–H and O–H groups in total. The number of hydrogen-bond acceptors (Lipinski definition) is 3. The molecule has 3 heteroatoms. The first-order chi connectivity index (χ1) is 10.2. The van der Waals surface area contributed by atoms with Crippen molar-refractivity contribution < 1.29 is 0 Å². The Bertz CT molecular complexity index is 375. The number of thioether (sulfide) groups is 1. The van der Waals surface area contributed by atoms with Crippen LogP contribution in [-0.2, 0) is 0 Å². The molecule has 4 aliphatic rings. The Labute approximate surface area is 135 Å². The van der Waals surface area contributed by atoms with Crippen molar-refractivity contribution >= 4 is 11.8 Å². The van der Waals surface area contributed by atoms with E-state index in [-0.39, 0.29) is 0 Å². The highest BCUT2D eigenvalue weighted by molar-refractivity contribution is 7.99. The first-order valence-corrected chi connectivity index (χ1v) is 10.4. The van der Waals surface area contributed by atoms with Gasteiger partial charge in [-0.3, -0.25) is 4.90 Å². The molecule has 0 radical (unpaired) electrons. The second-order valence-corrected chi connectivity index (χ2v) is 9.62. The van der Waals surface area contributed by atoms with Gasteiger partial charge in [-0.2, -0.15) is 11.8 Å². The molecule has 2 aliphatic carbocycles. The van der Waals surface area contributed by atoms with Gasteiger partial charge in [-0.1, -0.05) is 6.92 Å². The van der Waals surface area contributed by atoms with Crippen LogP contribution in [0, 0.1) is 10.8 Å². The van der Waals surface area contributed by atoms with Gasteiger partial charge in [0.05, 0.1) is 0 Å². The predicted octanol–water partition coefficient (Wildman–Crippen LogP) is 3.47. The lowest BCUT2D eigenvalue weighted by Crippen LogP contribution is -2.55. The zero-order valence-electron chi connectivity index (χ0n) is 13.9. The van der Waals surface area contributed by atoms with Crippen molar-refractivity contribution in [1.82, 2.24) is 9.80 Å². The van der Waals surface area contributed by atoms with Crippen molar-refractivity contribution in [2.24, 2.45) is 10.8 Å². The SMILES string of the molecule is CCN1CCC2(CC1)CC(N1CCC3(CC(SC)C3)C1)C2. The van der Waals surface area contributed by atoms with Crippen LogP contribution in [0.4, 0.5) is 0 Å². The van der Waals surface area contributed by atoms with Gasteiger partial charge < -0.3 is 4.90 Å². The summed E-state index contributed by atoms with van der Waals surface area (Å²) in [4.78, 5) is 5.52. The molecule has 0 aromatic heterocycles. The first kappa shape index (κ1) is 14.8. The second kappa shape index (κ2) is 5.42. The van der Waals surface area contributed by atoms with Crippen LogP contribution in [-0.4, -0.2) is 60.1 Å². The Balaban J connectivity index is 1.26. The summed E-state index contributed by atoms with van der Waals surface area (Å²) in [6, 6.07) is 0.950. The molecule has 0 unspecified atom stereocenters. The van der Waals surface area contributed by atoms with Gasteiger partial charge in [-0.15, -0.1) is 0 Å². The first-order valence-electron chi connectivity index (χ1n) is 9.15. The van der Waals surface area contributed by atoms with Crippen LogP contribution in [0.15, 0.2) is 0 Å². The molecule has 2 aliphatic heterocycles. The third-order valence-electron chi connectivity index (χ3n) is 7.34. The van der Waals surface area contributed by atoms with Crippen molar-refractivity contribution in [3.05, 3.63) is 0 Å². The maximum Gasteiger partial charge on any atom is 0.0106 e.